The fourth-order valence-corrected chi connectivity index (χ4v) is 2.19. The van der Waals surface area contributed by atoms with E-state index >= 15 is 0 Å². The smallest absolute Gasteiger partial charge is 0.309 e. The second-order valence-corrected chi connectivity index (χ2v) is 4.75. The average Bonchev–Trinajstić information content (AvgIpc) is 2.82. The lowest BCUT2D eigenvalue weighted by Crippen LogP contribution is -2.05. The monoisotopic (exact) mass is 273 g/mol. The lowest BCUT2D eigenvalue weighted by molar-refractivity contribution is -0.136. The van der Waals surface area contributed by atoms with E-state index in [1.165, 1.54) is 0 Å². The second kappa shape index (κ2) is 6.84. The molecule has 0 radical (unpaired) electrons. The van der Waals surface area contributed by atoms with Crippen molar-refractivity contribution in [2.75, 3.05) is 0 Å². The van der Waals surface area contributed by atoms with Crippen molar-refractivity contribution in [3.8, 4) is 11.3 Å². The zero-order valence-electron chi connectivity index (χ0n) is 11.6. The third-order valence-corrected chi connectivity index (χ3v) is 3.14. The highest BCUT2D eigenvalue weighted by Crippen LogP contribution is 2.23. The van der Waals surface area contributed by atoms with Gasteiger partial charge in [0.2, 0.25) is 0 Å². The molecule has 0 aliphatic rings. The molecule has 0 fully saturated rings. The molecule has 106 valence electrons. The molecule has 0 amide bonds. The predicted octanol–water partition coefficient (Wildman–Crippen LogP) is 2.76. The van der Waals surface area contributed by atoms with Crippen molar-refractivity contribution >= 4 is 5.97 Å². The SMILES string of the molecule is CCCCCn1nnc(CC(=O)O)c1-c1ccccc1. The van der Waals surface area contributed by atoms with Gasteiger partial charge in [-0.05, 0) is 6.42 Å². The molecule has 0 unspecified atom stereocenters. The van der Waals surface area contributed by atoms with E-state index in [-0.39, 0.29) is 6.42 Å². The number of nitrogens with zero attached hydrogens (tertiary/aromatic N) is 3. The Labute approximate surface area is 118 Å². The van der Waals surface area contributed by atoms with Crippen LogP contribution in [0.3, 0.4) is 0 Å². The minimum absolute atomic E-state index is 0.0992. The summed E-state index contributed by atoms with van der Waals surface area (Å²) >= 11 is 0. The summed E-state index contributed by atoms with van der Waals surface area (Å²) in [5.74, 6) is -0.886. The van der Waals surface area contributed by atoms with Crippen LogP contribution in [0, 0.1) is 0 Å². The average molecular weight is 273 g/mol. The van der Waals surface area contributed by atoms with Crippen molar-refractivity contribution in [1.29, 1.82) is 0 Å². The molecule has 20 heavy (non-hydrogen) atoms. The van der Waals surface area contributed by atoms with Gasteiger partial charge in [-0.1, -0.05) is 55.3 Å². The Morgan fingerprint density at radius 1 is 1.25 bits per heavy atom. The largest absolute Gasteiger partial charge is 0.481 e. The Kier molecular flexibility index (Phi) is 4.87. The van der Waals surface area contributed by atoms with Crippen molar-refractivity contribution in [1.82, 2.24) is 15.0 Å². The summed E-state index contributed by atoms with van der Waals surface area (Å²) in [5.41, 5.74) is 2.31. The summed E-state index contributed by atoms with van der Waals surface area (Å²) < 4.78 is 1.82. The first-order valence-corrected chi connectivity index (χ1v) is 6.92. The molecule has 1 heterocycles. The molecule has 1 N–H and O–H groups in total. The van der Waals surface area contributed by atoms with Crippen LogP contribution >= 0.6 is 0 Å². The zero-order valence-corrected chi connectivity index (χ0v) is 11.6. The molecule has 1 aromatic carbocycles. The summed E-state index contributed by atoms with van der Waals surface area (Å²) in [7, 11) is 0. The highest BCUT2D eigenvalue weighted by atomic mass is 16.4. The summed E-state index contributed by atoms with van der Waals surface area (Å²) in [6.07, 6.45) is 3.18. The van der Waals surface area contributed by atoms with Crippen LogP contribution in [0.4, 0.5) is 0 Å². The van der Waals surface area contributed by atoms with Crippen LogP contribution in [-0.2, 0) is 17.8 Å². The van der Waals surface area contributed by atoms with E-state index in [1.807, 2.05) is 35.0 Å². The van der Waals surface area contributed by atoms with Crippen molar-refractivity contribution < 1.29 is 9.90 Å². The first-order chi connectivity index (χ1) is 9.72. The standard InChI is InChI=1S/C15H19N3O2/c1-2-3-7-10-18-15(12-8-5-4-6-9-12)13(16-17-18)11-14(19)20/h4-6,8-9H,2-3,7,10-11H2,1H3,(H,19,20). The van der Waals surface area contributed by atoms with Gasteiger partial charge in [-0.2, -0.15) is 0 Å². The third-order valence-electron chi connectivity index (χ3n) is 3.14. The fraction of sp³-hybridized carbons (Fsp3) is 0.400. The molecule has 0 saturated heterocycles. The van der Waals surface area contributed by atoms with Crippen LogP contribution < -0.4 is 0 Å². The Morgan fingerprint density at radius 2 is 2.00 bits per heavy atom. The number of aliphatic carboxylic acids is 1. The zero-order chi connectivity index (χ0) is 14.4. The number of aryl methyl sites for hydroxylation is 1. The van der Waals surface area contributed by atoms with E-state index in [4.69, 9.17) is 5.11 Å². The first kappa shape index (κ1) is 14.2. The number of benzene rings is 1. The van der Waals surface area contributed by atoms with Gasteiger partial charge in [0, 0.05) is 12.1 Å². The lowest BCUT2D eigenvalue weighted by Gasteiger charge is -2.07. The molecule has 0 aliphatic carbocycles. The highest BCUT2D eigenvalue weighted by molar-refractivity contribution is 5.73. The first-order valence-electron chi connectivity index (χ1n) is 6.92. The van der Waals surface area contributed by atoms with Crippen LogP contribution in [0.2, 0.25) is 0 Å². The van der Waals surface area contributed by atoms with Crippen molar-refractivity contribution in [3.63, 3.8) is 0 Å². The Balaban J connectivity index is 2.32. The van der Waals surface area contributed by atoms with Crippen LogP contribution in [0.25, 0.3) is 11.3 Å². The van der Waals surface area contributed by atoms with E-state index in [0.29, 0.717) is 5.69 Å². The summed E-state index contributed by atoms with van der Waals surface area (Å²) in [6.45, 7) is 2.92. The molecule has 0 atom stereocenters. The maximum Gasteiger partial charge on any atom is 0.309 e. The highest BCUT2D eigenvalue weighted by Gasteiger charge is 2.16. The maximum atomic E-state index is 10.9. The molecule has 5 nitrogen and oxygen atoms in total. The Morgan fingerprint density at radius 3 is 2.65 bits per heavy atom. The van der Waals surface area contributed by atoms with Gasteiger partial charge < -0.3 is 5.11 Å². The number of carboxylic acid groups (broad SMARTS) is 1. The van der Waals surface area contributed by atoms with Gasteiger partial charge >= 0.3 is 5.97 Å². The molecular formula is C15H19N3O2. The van der Waals surface area contributed by atoms with Gasteiger partial charge in [-0.25, -0.2) is 4.68 Å². The van der Waals surface area contributed by atoms with E-state index in [9.17, 15) is 4.79 Å². The summed E-state index contributed by atoms with van der Waals surface area (Å²) in [5, 5.41) is 17.1. The Bertz CT molecular complexity index is 564. The van der Waals surface area contributed by atoms with E-state index in [1.54, 1.807) is 0 Å². The van der Waals surface area contributed by atoms with Crippen LogP contribution in [0.1, 0.15) is 31.9 Å². The van der Waals surface area contributed by atoms with Crippen molar-refractivity contribution in [2.45, 2.75) is 39.2 Å². The van der Waals surface area contributed by atoms with Crippen molar-refractivity contribution in [2.24, 2.45) is 0 Å². The molecule has 5 heteroatoms. The molecule has 0 bridgehead atoms. The van der Waals surface area contributed by atoms with Gasteiger partial charge in [0.05, 0.1) is 12.1 Å². The quantitative estimate of drug-likeness (QED) is 0.788. The molecule has 1 aromatic heterocycles. The second-order valence-electron chi connectivity index (χ2n) is 4.75. The van der Waals surface area contributed by atoms with Gasteiger partial charge in [0.25, 0.3) is 0 Å². The minimum Gasteiger partial charge on any atom is -0.481 e. The minimum atomic E-state index is -0.886. The van der Waals surface area contributed by atoms with Gasteiger partial charge in [-0.3, -0.25) is 4.79 Å². The molecular weight excluding hydrogens is 254 g/mol. The third kappa shape index (κ3) is 3.44. The predicted molar refractivity (Wildman–Crippen MR) is 76.3 cm³/mol. The fourth-order valence-electron chi connectivity index (χ4n) is 2.19. The number of carboxylic acids is 1. The molecule has 0 saturated carbocycles. The van der Waals surface area contributed by atoms with Gasteiger partial charge in [-0.15, -0.1) is 5.10 Å². The molecule has 2 rings (SSSR count). The van der Waals surface area contributed by atoms with Crippen LogP contribution in [-0.4, -0.2) is 26.1 Å². The summed E-state index contributed by atoms with van der Waals surface area (Å²) in [6, 6.07) is 9.72. The topological polar surface area (TPSA) is 68.0 Å². The maximum absolute atomic E-state index is 10.9. The van der Waals surface area contributed by atoms with Crippen LogP contribution in [0.5, 0.6) is 0 Å². The van der Waals surface area contributed by atoms with E-state index in [0.717, 1.165) is 37.1 Å². The van der Waals surface area contributed by atoms with Crippen molar-refractivity contribution in [3.05, 3.63) is 36.0 Å². The number of hydrogen-bond donors (Lipinski definition) is 1. The number of aromatic nitrogens is 3. The molecule has 0 aliphatic heterocycles. The number of rotatable bonds is 7. The van der Waals surface area contributed by atoms with E-state index in [2.05, 4.69) is 17.2 Å². The van der Waals surface area contributed by atoms with Crippen LogP contribution in [0.15, 0.2) is 30.3 Å². The molecule has 0 spiro atoms. The number of hydrogen-bond acceptors (Lipinski definition) is 3. The van der Waals surface area contributed by atoms with E-state index < -0.39 is 5.97 Å². The normalized spacial score (nSPS) is 10.7. The number of carbonyl (C=O) groups is 1. The molecule has 2 aromatic rings. The number of unbranched alkanes of at least 4 members (excludes halogenated alkanes) is 2. The van der Waals surface area contributed by atoms with Gasteiger partial charge in [0.15, 0.2) is 0 Å². The summed E-state index contributed by atoms with van der Waals surface area (Å²) in [4.78, 5) is 10.9. The Hall–Kier alpha value is -2.17. The lowest BCUT2D eigenvalue weighted by atomic mass is 10.1. The van der Waals surface area contributed by atoms with Gasteiger partial charge in [0.1, 0.15) is 5.69 Å².